The topological polar surface area (TPSA) is 30.7 Å². The van der Waals surface area contributed by atoms with E-state index in [9.17, 15) is 0 Å². The summed E-state index contributed by atoms with van der Waals surface area (Å²) in [6.45, 7) is 2.86. The Morgan fingerprint density at radius 2 is 2.00 bits per heavy atom. The van der Waals surface area contributed by atoms with Crippen LogP contribution in [0.3, 0.4) is 0 Å². The van der Waals surface area contributed by atoms with Crippen LogP contribution in [0.4, 0.5) is 0 Å². The molecule has 1 aromatic carbocycles. The normalized spacial score (nSPS) is 10.4. The average Bonchev–Trinajstić information content (AvgIpc) is 2.67. The van der Waals surface area contributed by atoms with Crippen molar-refractivity contribution in [3.8, 4) is 11.4 Å². The number of rotatable bonds is 2. The van der Waals surface area contributed by atoms with Crippen molar-refractivity contribution in [1.82, 2.24) is 14.8 Å². The molecule has 0 aliphatic heterocycles. The zero-order valence-electron chi connectivity index (χ0n) is 7.81. The second-order valence-corrected chi connectivity index (χ2v) is 3.37. The van der Waals surface area contributed by atoms with Gasteiger partial charge in [0, 0.05) is 17.1 Å². The summed E-state index contributed by atoms with van der Waals surface area (Å²) >= 11 is 5.79. The van der Waals surface area contributed by atoms with E-state index in [1.54, 1.807) is 11.0 Å². The number of aryl methyl sites for hydroxylation is 1. The molecule has 0 aliphatic rings. The lowest BCUT2D eigenvalue weighted by molar-refractivity contribution is 0.660. The van der Waals surface area contributed by atoms with Gasteiger partial charge in [0.05, 0.1) is 0 Å². The van der Waals surface area contributed by atoms with Gasteiger partial charge in [-0.25, -0.2) is 4.98 Å². The first-order valence-electron chi connectivity index (χ1n) is 4.45. The summed E-state index contributed by atoms with van der Waals surface area (Å²) < 4.78 is 1.80. The molecule has 0 radical (unpaired) electrons. The molecular weight excluding hydrogens is 198 g/mol. The van der Waals surface area contributed by atoms with Crippen LogP contribution in [0.1, 0.15) is 6.92 Å². The summed E-state index contributed by atoms with van der Waals surface area (Å²) in [6.07, 6.45) is 1.73. The van der Waals surface area contributed by atoms with Gasteiger partial charge in [0.1, 0.15) is 6.33 Å². The van der Waals surface area contributed by atoms with Gasteiger partial charge in [-0.3, -0.25) is 4.68 Å². The van der Waals surface area contributed by atoms with Gasteiger partial charge in [-0.1, -0.05) is 11.6 Å². The number of aromatic nitrogens is 3. The average molecular weight is 208 g/mol. The molecule has 14 heavy (non-hydrogen) atoms. The molecule has 0 unspecified atom stereocenters. The highest BCUT2D eigenvalue weighted by molar-refractivity contribution is 6.30. The van der Waals surface area contributed by atoms with E-state index in [1.807, 2.05) is 31.2 Å². The Morgan fingerprint density at radius 1 is 1.29 bits per heavy atom. The van der Waals surface area contributed by atoms with E-state index in [1.165, 1.54) is 0 Å². The fourth-order valence-electron chi connectivity index (χ4n) is 1.18. The highest BCUT2D eigenvalue weighted by Gasteiger charge is 2.02. The number of benzene rings is 1. The Morgan fingerprint density at radius 3 is 2.57 bits per heavy atom. The fraction of sp³-hybridized carbons (Fsp3) is 0.200. The highest BCUT2D eigenvalue weighted by Crippen LogP contribution is 2.17. The fourth-order valence-corrected chi connectivity index (χ4v) is 1.30. The van der Waals surface area contributed by atoms with Gasteiger partial charge in [0.2, 0.25) is 0 Å². The molecule has 0 aliphatic carbocycles. The largest absolute Gasteiger partial charge is 0.253 e. The monoisotopic (exact) mass is 207 g/mol. The van der Waals surface area contributed by atoms with Crippen molar-refractivity contribution in [1.29, 1.82) is 0 Å². The van der Waals surface area contributed by atoms with Crippen molar-refractivity contribution in [3.63, 3.8) is 0 Å². The van der Waals surface area contributed by atoms with E-state index in [0.29, 0.717) is 0 Å². The van der Waals surface area contributed by atoms with Gasteiger partial charge in [0.15, 0.2) is 5.82 Å². The van der Waals surface area contributed by atoms with Crippen LogP contribution in [-0.2, 0) is 6.54 Å². The smallest absolute Gasteiger partial charge is 0.181 e. The van der Waals surface area contributed by atoms with E-state index in [0.717, 1.165) is 23.0 Å². The van der Waals surface area contributed by atoms with Crippen molar-refractivity contribution in [2.75, 3.05) is 0 Å². The first kappa shape index (κ1) is 9.21. The lowest BCUT2D eigenvalue weighted by Crippen LogP contribution is -1.93. The Labute approximate surface area is 87.3 Å². The molecule has 1 heterocycles. The molecule has 3 nitrogen and oxygen atoms in total. The van der Waals surface area contributed by atoms with Crippen LogP contribution in [0, 0.1) is 0 Å². The van der Waals surface area contributed by atoms with Crippen LogP contribution in [0.5, 0.6) is 0 Å². The summed E-state index contributed by atoms with van der Waals surface area (Å²) in [5, 5.41) is 5.02. The van der Waals surface area contributed by atoms with Gasteiger partial charge < -0.3 is 0 Å². The summed E-state index contributed by atoms with van der Waals surface area (Å²) in [4.78, 5) is 4.20. The Bertz CT molecular complexity index is 419. The van der Waals surface area contributed by atoms with E-state index in [2.05, 4.69) is 10.1 Å². The number of hydrogen-bond acceptors (Lipinski definition) is 2. The molecule has 0 saturated heterocycles. The maximum absolute atomic E-state index is 5.79. The van der Waals surface area contributed by atoms with Gasteiger partial charge in [-0.15, -0.1) is 0 Å². The van der Waals surface area contributed by atoms with Crippen LogP contribution >= 0.6 is 11.6 Å². The molecule has 72 valence electrons. The zero-order valence-corrected chi connectivity index (χ0v) is 8.57. The van der Waals surface area contributed by atoms with Crippen molar-refractivity contribution < 1.29 is 0 Å². The van der Waals surface area contributed by atoms with Gasteiger partial charge >= 0.3 is 0 Å². The molecule has 4 heteroatoms. The maximum atomic E-state index is 5.79. The Balaban J connectivity index is 2.34. The van der Waals surface area contributed by atoms with Crippen LogP contribution < -0.4 is 0 Å². The van der Waals surface area contributed by atoms with Crippen molar-refractivity contribution in [2.45, 2.75) is 13.5 Å². The Kier molecular flexibility index (Phi) is 2.50. The molecule has 0 N–H and O–H groups in total. The number of halogens is 1. The van der Waals surface area contributed by atoms with Gasteiger partial charge in [-0.2, -0.15) is 5.10 Å². The third-order valence-electron chi connectivity index (χ3n) is 1.96. The summed E-state index contributed by atoms with van der Waals surface area (Å²) in [5.41, 5.74) is 0.988. The molecule has 0 bridgehead atoms. The second-order valence-electron chi connectivity index (χ2n) is 2.93. The lowest BCUT2D eigenvalue weighted by Gasteiger charge is -1.95. The zero-order chi connectivity index (χ0) is 9.97. The highest BCUT2D eigenvalue weighted by atomic mass is 35.5. The van der Waals surface area contributed by atoms with E-state index in [4.69, 9.17) is 11.6 Å². The van der Waals surface area contributed by atoms with Crippen LogP contribution in [0.2, 0.25) is 5.02 Å². The number of hydrogen-bond donors (Lipinski definition) is 0. The molecule has 2 rings (SSSR count). The molecule has 0 fully saturated rings. The third kappa shape index (κ3) is 1.77. The first-order chi connectivity index (χ1) is 6.79. The minimum Gasteiger partial charge on any atom is -0.253 e. The predicted molar refractivity (Wildman–Crippen MR) is 56.1 cm³/mol. The summed E-state index contributed by atoms with van der Waals surface area (Å²) in [7, 11) is 0. The SMILES string of the molecule is CCn1cnc(-c2ccc(Cl)cc2)n1. The van der Waals surface area contributed by atoms with Crippen molar-refractivity contribution in [2.24, 2.45) is 0 Å². The van der Waals surface area contributed by atoms with Crippen molar-refractivity contribution >= 4 is 11.6 Å². The van der Waals surface area contributed by atoms with Crippen molar-refractivity contribution in [3.05, 3.63) is 35.6 Å². The molecule has 2 aromatic rings. The third-order valence-corrected chi connectivity index (χ3v) is 2.21. The molecule has 1 aromatic heterocycles. The van der Waals surface area contributed by atoms with Crippen LogP contribution in [0.25, 0.3) is 11.4 Å². The standard InChI is InChI=1S/C10H10ClN3/c1-2-14-7-12-10(13-14)8-3-5-9(11)6-4-8/h3-7H,2H2,1H3. The molecule has 0 saturated carbocycles. The number of nitrogens with zero attached hydrogens (tertiary/aromatic N) is 3. The summed E-state index contributed by atoms with van der Waals surface area (Å²) in [6, 6.07) is 7.50. The lowest BCUT2D eigenvalue weighted by atomic mass is 10.2. The second kappa shape index (κ2) is 3.80. The van der Waals surface area contributed by atoms with E-state index < -0.39 is 0 Å². The van der Waals surface area contributed by atoms with E-state index in [-0.39, 0.29) is 0 Å². The molecule has 0 spiro atoms. The molecule has 0 amide bonds. The quantitative estimate of drug-likeness (QED) is 0.758. The van der Waals surface area contributed by atoms with Gasteiger partial charge in [-0.05, 0) is 31.2 Å². The van der Waals surface area contributed by atoms with E-state index >= 15 is 0 Å². The van der Waals surface area contributed by atoms with Gasteiger partial charge in [0.25, 0.3) is 0 Å². The minimum absolute atomic E-state index is 0.726. The predicted octanol–water partition coefficient (Wildman–Crippen LogP) is 2.62. The molecule has 0 atom stereocenters. The first-order valence-corrected chi connectivity index (χ1v) is 4.83. The Hall–Kier alpha value is -1.35. The summed E-state index contributed by atoms with van der Waals surface area (Å²) in [5.74, 6) is 0.739. The minimum atomic E-state index is 0.726. The molecular formula is C10H10ClN3. The van der Waals surface area contributed by atoms with Crippen LogP contribution in [-0.4, -0.2) is 14.8 Å². The van der Waals surface area contributed by atoms with Crippen LogP contribution in [0.15, 0.2) is 30.6 Å². The maximum Gasteiger partial charge on any atom is 0.181 e.